The maximum Gasteiger partial charge on any atom is 0.131 e. The van der Waals surface area contributed by atoms with Gasteiger partial charge in [0, 0.05) is 19.3 Å². The van der Waals surface area contributed by atoms with Crippen LogP contribution in [0.4, 0.5) is 5.82 Å². The fraction of sp³-hybridized carbons (Fsp3) is 0.600. The van der Waals surface area contributed by atoms with Crippen molar-refractivity contribution in [2.75, 3.05) is 24.6 Å². The van der Waals surface area contributed by atoms with Gasteiger partial charge in [-0.3, -0.25) is 0 Å². The van der Waals surface area contributed by atoms with Crippen LogP contribution in [-0.2, 0) is 0 Å². The first-order valence-electron chi connectivity index (χ1n) is 5.00. The normalized spacial score (nSPS) is 10.1. The number of anilines is 1. The van der Waals surface area contributed by atoms with Crippen molar-refractivity contribution >= 4 is 5.82 Å². The smallest absolute Gasteiger partial charge is 0.131 e. The van der Waals surface area contributed by atoms with Crippen molar-refractivity contribution in [1.82, 2.24) is 9.97 Å². The van der Waals surface area contributed by atoms with E-state index in [0.29, 0.717) is 6.54 Å². The van der Waals surface area contributed by atoms with Gasteiger partial charge in [-0.2, -0.15) is 0 Å². The van der Waals surface area contributed by atoms with Gasteiger partial charge in [-0.1, -0.05) is 13.3 Å². The average Bonchev–Trinajstić information content (AvgIpc) is 2.25. The first-order chi connectivity index (χ1) is 6.88. The summed E-state index contributed by atoms with van der Waals surface area (Å²) in [6.45, 7) is 3.88. The molecule has 0 atom stereocenters. The Morgan fingerprint density at radius 1 is 1.43 bits per heavy atom. The van der Waals surface area contributed by atoms with Gasteiger partial charge in [0.15, 0.2) is 0 Å². The van der Waals surface area contributed by atoms with Gasteiger partial charge in [0.1, 0.15) is 12.1 Å². The zero-order valence-electron chi connectivity index (χ0n) is 8.56. The highest BCUT2D eigenvalue weighted by Crippen LogP contribution is 2.08. The number of aliphatic hydroxyl groups is 1. The molecule has 0 radical (unpaired) electrons. The van der Waals surface area contributed by atoms with Gasteiger partial charge in [-0.25, -0.2) is 9.97 Å². The van der Waals surface area contributed by atoms with E-state index in [1.54, 1.807) is 6.20 Å². The van der Waals surface area contributed by atoms with Crippen LogP contribution in [0.1, 0.15) is 19.8 Å². The van der Waals surface area contributed by atoms with Crippen molar-refractivity contribution in [1.29, 1.82) is 0 Å². The highest BCUT2D eigenvalue weighted by molar-refractivity contribution is 5.36. The van der Waals surface area contributed by atoms with Crippen molar-refractivity contribution in [3.8, 4) is 0 Å². The van der Waals surface area contributed by atoms with E-state index in [0.717, 1.165) is 25.2 Å². The zero-order valence-corrected chi connectivity index (χ0v) is 8.56. The molecular formula is C10H17N3O. The second kappa shape index (κ2) is 6.32. The molecule has 0 fully saturated rings. The van der Waals surface area contributed by atoms with Crippen molar-refractivity contribution in [3.63, 3.8) is 0 Å². The lowest BCUT2D eigenvalue weighted by Crippen LogP contribution is -2.28. The minimum Gasteiger partial charge on any atom is -0.395 e. The molecule has 1 aromatic rings. The van der Waals surface area contributed by atoms with E-state index in [1.807, 2.05) is 6.07 Å². The number of aromatic nitrogens is 2. The number of aliphatic hydroxyl groups excluding tert-OH is 1. The van der Waals surface area contributed by atoms with E-state index < -0.39 is 0 Å². The Balaban J connectivity index is 2.58. The Morgan fingerprint density at radius 3 is 2.86 bits per heavy atom. The third kappa shape index (κ3) is 3.30. The number of rotatable bonds is 6. The van der Waals surface area contributed by atoms with E-state index in [2.05, 4.69) is 21.8 Å². The molecule has 0 spiro atoms. The van der Waals surface area contributed by atoms with Gasteiger partial charge in [-0.05, 0) is 12.5 Å². The molecule has 0 aliphatic carbocycles. The minimum atomic E-state index is 0.160. The van der Waals surface area contributed by atoms with Crippen molar-refractivity contribution in [2.45, 2.75) is 19.8 Å². The number of hydrogen-bond donors (Lipinski definition) is 1. The largest absolute Gasteiger partial charge is 0.395 e. The predicted octanol–water partition coefficient (Wildman–Crippen LogP) is 1.08. The second-order valence-electron chi connectivity index (χ2n) is 3.13. The van der Waals surface area contributed by atoms with Crippen LogP contribution in [-0.4, -0.2) is 34.8 Å². The van der Waals surface area contributed by atoms with E-state index in [1.165, 1.54) is 6.33 Å². The first kappa shape index (κ1) is 10.9. The third-order valence-electron chi connectivity index (χ3n) is 2.04. The van der Waals surface area contributed by atoms with Gasteiger partial charge in [-0.15, -0.1) is 0 Å². The van der Waals surface area contributed by atoms with E-state index in [9.17, 15) is 0 Å². The molecule has 1 heterocycles. The van der Waals surface area contributed by atoms with Gasteiger partial charge in [0.2, 0.25) is 0 Å². The predicted molar refractivity (Wildman–Crippen MR) is 56.2 cm³/mol. The summed E-state index contributed by atoms with van der Waals surface area (Å²) in [7, 11) is 0. The van der Waals surface area contributed by atoms with Crippen LogP contribution < -0.4 is 4.90 Å². The average molecular weight is 195 g/mol. The van der Waals surface area contributed by atoms with Crippen molar-refractivity contribution in [2.24, 2.45) is 0 Å². The zero-order chi connectivity index (χ0) is 10.2. The Bertz CT molecular complexity index is 240. The number of unbranched alkanes of at least 4 members (excludes halogenated alkanes) is 1. The summed E-state index contributed by atoms with van der Waals surface area (Å²) in [5.41, 5.74) is 0. The van der Waals surface area contributed by atoms with E-state index in [4.69, 9.17) is 5.11 Å². The van der Waals surface area contributed by atoms with Crippen LogP contribution in [0.3, 0.4) is 0 Å². The fourth-order valence-corrected chi connectivity index (χ4v) is 1.28. The first-order valence-corrected chi connectivity index (χ1v) is 5.00. The quantitative estimate of drug-likeness (QED) is 0.737. The summed E-state index contributed by atoms with van der Waals surface area (Å²) in [6.07, 6.45) is 5.52. The molecule has 1 N–H and O–H groups in total. The van der Waals surface area contributed by atoms with Crippen LogP contribution in [0.5, 0.6) is 0 Å². The molecule has 4 heteroatoms. The Labute approximate surface area is 84.6 Å². The number of hydrogen-bond acceptors (Lipinski definition) is 4. The molecule has 1 rings (SSSR count). The van der Waals surface area contributed by atoms with Crippen LogP contribution in [0.15, 0.2) is 18.6 Å². The highest BCUT2D eigenvalue weighted by atomic mass is 16.3. The van der Waals surface area contributed by atoms with Gasteiger partial charge in [0.05, 0.1) is 6.61 Å². The molecular weight excluding hydrogens is 178 g/mol. The summed E-state index contributed by atoms with van der Waals surface area (Å²) < 4.78 is 0. The van der Waals surface area contributed by atoms with Crippen molar-refractivity contribution < 1.29 is 5.11 Å². The molecule has 14 heavy (non-hydrogen) atoms. The molecule has 0 aliphatic rings. The van der Waals surface area contributed by atoms with E-state index >= 15 is 0 Å². The molecule has 0 unspecified atom stereocenters. The van der Waals surface area contributed by atoms with Gasteiger partial charge < -0.3 is 10.0 Å². The molecule has 0 saturated heterocycles. The fourth-order valence-electron chi connectivity index (χ4n) is 1.28. The molecule has 0 aromatic carbocycles. The standard InChI is InChI=1S/C10H17N3O/c1-2-3-6-13(7-8-14)10-4-5-11-9-12-10/h4-5,9,14H,2-3,6-8H2,1H3. The Hall–Kier alpha value is -1.16. The lowest BCUT2D eigenvalue weighted by atomic mass is 10.3. The summed E-state index contributed by atoms with van der Waals surface area (Å²) in [6, 6.07) is 1.87. The third-order valence-corrected chi connectivity index (χ3v) is 2.04. The Morgan fingerprint density at radius 2 is 2.29 bits per heavy atom. The molecule has 0 saturated carbocycles. The highest BCUT2D eigenvalue weighted by Gasteiger charge is 2.05. The maximum atomic E-state index is 8.91. The van der Waals surface area contributed by atoms with Crippen LogP contribution in [0, 0.1) is 0 Å². The molecule has 1 aromatic heterocycles. The number of nitrogens with zero attached hydrogens (tertiary/aromatic N) is 3. The minimum absolute atomic E-state index is 0.160. The topological polar surface area (TPSA) is 49.2 Å². The molecule has 0 bridgehead atoms. The monoisotopic (exact) mass is 195 g/mol. The summed E-state index contributed by atoms with van der Waals surface area (Å²) in [5.74, 6) is 0.891. The van der Waals surface area contributed by atoms with Gasteiger partial charge in [0.25, 0.3) is 0 Å². The molecule has 0 amide bonds. The van der Waals surface area contributed by atoms with Crippen LogP contribution >= 0.6 is 0 Å². The summed E-state index contributed by atoms with van der Waals surface area (Å²) in [4.78, 5) is 10.1. The maximum absolute atomic E-state index is 8.91. The Kier molecular flexibility index (Phi) is 4.93. The van der Waals surface area contributed by atoms with Crippen molar-refractivity contribution in [3.05, 3.63) is 18.6 Å². The summed E-state index contributed by atoms with van der Waals surface area (Å²) in [5, 5.41) is 8.91. The molecule has 4 nitrogen and oxygen atoms in total. The van der Waals surface area contributed by atoms with Gasteiger partial charge >= 0.3 is 0 Å². The summed E-state index contributed by atoms with van der Waals surface area (Å²) >= 11 is 0. The lowest BCUT2D eigenvalue weighted by Gasteiger charge is -2.21. The van der Waals surface area contributed by atoms with Crippen LogP contribution in [0.25, 0.3) is 0 Å². The lowest BCUT2D eigenvalue weighted by molar-refractivity contribution is 0.301. The second-order valence-corrected chi connectivity index (χ2v) is 3.13. The van der Waals surface area contributed by atoms with E-state index in [-0.39, 0.29) is 6.61 Å². The molecule has 78 valence electrons. The molecule has 0 aliphatic heterocycles. The SMILES string of the molecule is CCCCN(CCO)c1ccncn1. The van der Waals surface area contributed by atoms with Crippen LogP contribution in [0.2, 0.25) is 0 Å².